The van der Waals surface area contributed by atoms with E-state index < -0.39 is 5.24 Å². The molecule has 0 fully saturated rings. The molecule has 0 radical (unpaired) electrons. The minimum absolute atomic E-state index is 0.118. The topological polar surface area (TPSA) is 90.9 Å². The number of ether oxygens (including phenoxy) is 1. The van der Waals surface area contributed by atoms with Gasteiger partial charge in [-0.15, -0.1) is 0 Å². The number of hydroxylamine groups is 1. The second-order valence-corrected chi connectivity index (χ2v) is 6.98. The van der Waals surface area contributed by atoms with E-state index in [1.165, 1.54) is 5.56 Å². The first-order chi connectivity index (χ1) is 13.2. The summed E-state index contributed by atoms with van der Waals surface area (Å²) in [4.78, 5) is 26.0. The summed E-state index contributed by atoms with van der Waals surface area (Å²) in [5.41, 5.74) is 3.73. The van der Waals surface area contributed by atoms with Crippen molar-refractivity contribution >= 4 is 28.7 Å². The van der Waals surface area contributed by atoms with Crippen LogP contribution in [-0.4, -0.2) is 36.2 Å². The average Bonchev–Trinajstić information content (AvgIpc) is 2.71. The van der Waals surface area contributed by atoms with Gasteiger partial charge < -0.3 is 10.1 Å². The van der Waals surface area contributed by atoms with Crippen LogP contribution in [0, 0.1) is 0 Å². The van der Waals surface area contributed by atoms with Crippen LogP contribution < -0.4 is 20.4 Å². The smallest absolute Gasteiger partial charge is 0.321 e. The number of urea groups is 1. The Balaban J connectivity index is 1.44. The molecule has 7 nitrogen and oxygen atoms in total. The molecule has 2 aromatic rings. The van der Waals surface area contributed by atoms with Gasteiger partial charge in [-0.1, -0.05) is 18.2 Å². The summed E-state index contributed by atoms with van der Waals surface area (Å²) in [6.07, 6.45) is 1.96. The maximum absolute atomic E-state index is 12.4. The van der Waals surface area contributed by atoms with Gasteiger partial charge in [-0.2, -0.15) is 0 Å². The molecular formula is C19H21N3O4S. The number of nitrogens with one attached hydrogen (secondary N) is 2. The van der Waals surface area contributed by atoms with E-state index in [-0.39, 0.29) is 6.03 Å². The lowest BCUT2D eigenvalue weighted by Crippen LogP contribution is -2.44. The summed E-state index contributed by atoms with van der Waals surface area (Å²) >= 11 is 0.877. The van der Waals surface area contributed by atoms with Gasteiger partial charge in [0.2, 0.25) is 0 Å². The fraction of sp³-hybridized carbons (Fsp3) is 0.263. The second-order valence-electron chi connectivity index (χ2n) is 5.94. The fourth-order valence-corrected chi connectivity index (χ4v) is 3.43. The van der Waals surface area contributed by atoms with E-state index in [2.05, 4.69) is 11.4 Å². The molecule has 1 aliphatic heterocycles. The minimum Gasteiger partial charge on any atom is -0.492 e. The summed E-state index contributed by atoms with van der Waals surface area (Å²) in [7, 11) is 0. The van der Waals surface area contributed by atoms with Gasteiger partial charge in [0.05, 0.1) is 6.54 Å². The fourth-order valence-electron chi connectivity index (χ4n) is 2.90. The maximum Gasteiger partial charge on any atom is 0.321 e. The summed E-state index contributed by atoms with van der Waals surface area (Å²) in [6, 6.07) is 14.8. The molecule has 3 amide bonds. The molecule has 0 aromatic heterocycles. The number of thioether (sulfide) groups is 1. The van der Waals surface area contributed by atoms with Crippen LogP contribution in [0.2, 0.25) is 0 Å². The van der Waals surface area contributed by atoms with Gasteiger partial charge in [0.1, 0.15) is 12.4 Å². The standard InChI is InChI=1S/C19H21N3O4S/c23-18(22-12-3-5-14-4-1-2-6-17(14)22)20-11-13-26-15-7-9-16(10-8-15)27-19(24)21-25/h1-2,4,6-10,25H,3,5,11-13H2,(H,20,23)(H,21,24). The molecule has 27 heavy (non-hydrogen) atoms. The molecule has 0 saturated heterocycles. The van der Waals surface area contributed by atoms with Crippen molar-refractivity contribution in [3.05, 3.63) is 54.1 Å². The molecule has 0 spiro atoms. The van der Waals surface area contributed by atoms with Gasteiger partial charge in [0, 0.05) is 17.1 Å². The van der Waals surface area contributed by atoms with Crippen LogP contribution in [0.5, 0.6) is 5.75 Å². The molecular weight excluding hydrogens is 366 g/mol. The van der Waals surface area contributed by atoms with Crippen LogP contribution in [0.4, 0.5) is 15.3 Å². The van der Waals surface area contributed by atoms with Gasteiger partial charge in [-0.25, -0.2) is 10.3 Å². The van der Waals surface area contributed by atoms with Crippen molar-refractivity contribution in [1.82, 2.24) is 10.8 Å². The molecule has 142 valence electrons. The lowest BCUT2D eigenvalue weighted by molar-refractivity contribution is 0.180. The number of amides is 3. The van der Waals surface area contributed by atoms with Crippen LogP contribution in [0.25, 0.3) is 0 Å². The Labute approximate surface area is 161 Å². The number of carbonyl (C=O) groups is 2. The van der Waals surface area contributed by atoms with Gasteiger partial charge >= 0.3 is 11.3 Å². The zero-order chi connectivity index (χ0) is 19.1. The number of hydrogen-bond acceptors (Lipinski definition) is 5. The zero-order valence-corrected chi connectivity index (χ0v) is 15.5. The van der Waals surface area contributed by atoms with E-state index in [1.54, 1.807) is 34.6 Å². The van der Waals surface area contributed by atoms with Crippen molar-refractivity contribution in [2.24, 2.45) is 0 Å². The molecule has 0 aliphatic carbocycles. The third-order valence-corrected chi connectivity index (χ3v) is 4.91. The molecule has 0 bridgehead atoms. The molecule has 3 N–H and O–H groups in total. The van der Waals surface area contributed by atoms with Gasteiger partial charge in [0.15, 0.2) is 0 Å². The summed E-state index contributed by atoms with van der Waals surface area (Å²) in [5, 5.41) is 10.8. The molecule has 0 saturated carbocycles. The Hall–Kier alpha value is -2.71. The number of anilines is 1. The third kappa shape index (κ3) is 5.15. The Kier molecular flexibility index (Phi) is 6.56. The van der Waals surface area contributed by atoms with E-state index in [9.17, 15) is 9.59 Å². The summed E-state index contributed by atoms with van der Waals surface area (Å²) < 4.78 is 5.61. The molecule has 0 unspecified atom stereocenters. The van der Waals surface area contributed by atoms with Gasteiger partial charge in [-0.3, -0.25) is 14.9 Å². The van der Waals surface area contributed by atoms with E-state index >= 15 is 0 Å². The SMILES string of the molecule is O=C(NO)Sc1ccc(OCCNC(=O)N2CCCc3ccccc32)cc1. The van der Waals surface area contributed by atoms with Gasteiger partial charge in [-0.05, 0) is 60.5 Å². The summed E-state index contributed by atoms with van der Waals surface area (Å²) in [6.45, 7) is 1.44. The highest BCUT2D eigenvalue weighted by Crippen LogP contribution is 2.26. The molecule has 3 rings (SSSR count). The Morgan fingerprint density at radius 2 is 1.93 bits per heavy atom. The largest absolute Gasteiger partial charge is 0.492 e. The van der Waals surface area contributed by atoms with Crippen LogP contribution in [0.1, 0.15) is 12.0 Å². The number of carbonyl (C=O) groups excluding carboxylic acids is 2. The van der Waals surface area contributed by atoms with E-state index in [4.69, 9.17) is 9.94 Å². The highest BCUT2D eigenvalue weighted by atomic mass is 32.2. The number of hydrogen-bond donors (Lipinski definition) is 3. The van der Waals surface area contributed by atoms with E-state index in [0.29, 0.717) is 30.3 Å². The number of rotatable bonds is 5. The van der Waals surface area contributed by atoms with Crippen molar-refractivity contribution in [3.63, 3.8) is 0 Å². The van der Waals surface area contributed by atoms with Crippen molar-refractivity contribution in [2.45, 2.75) is 17.7 Å². The monoisotopic (exact) mass is 387 g/mol. The maximum atomic E-state index is 12.4. The lowest BCUT2D eigenvalue weighted by Gasteiger charge is -2.29. The molecule has 1 aliphatic rings. The highest BCUT2D eigenvalue weighted by Gasteiger charge is 2.21. The van der Waals surface area contributed by atoms with Gasteiger partial charge in [0.25, 0.3) is 0 Å². The van der Waals surface area contributed by atoms with E-state index in [0.717, 1.165) is 30.3 Å². The number of benzene rings is 2. The van der Waals surface area contributed by atoms with Crippen molar-refractivity contribution in [1.29, 1.82) is 0 Å². The Morgan fingerprint density at radius 3 is 2.70 bits per heavy atom. The van der Waals surface area contributed by atoms with Crippen molar-refractivity contribution < 1.29 is 19.5 Å². The average molecular weight is 387 g/mol. The molecule has 2 aromatic carbocycles. The molecule has 1 heterocycles. The first kappa shape index (κ1) is 19.1. The quantitative estimate of drug-likeness (QED) is 0.316. The first-order valence-electron chi connectivity index (χ1n) is 8.65. The Morgan fingerprint density at radius 1 is 1.15 bits per heavy atom. The highest BCUT2D eigenvalue weighted by molar-refractivity contribution is 8.13. The zero-order valence-electron chi connectivity index (χ0n) is 14.7. The minimum atomic E-state index is -0.550. The van der Waals surface area contributed by atoms with Crippen LogP contribution in [-0.2, 0) is 6.42 Å². The second kappa shape index (κ2) is 9.29. The lowest BCUT2D eigenvalue weighted by atomic mass is 10.0. The normalized spacial score (nSPS) is 12.9. The van der Waals surface area contributed by atoms with Crippen molar-refractivity contribution in [3.8, 4) is 5.75 Å². The number of aryl methyl sites for hydroxylation is 1. The predicted molar refractivity (Wildman–Crippen MR) is 104 cm³/mol. The first-order valence-corrected chi connectivity index (χ1v) is 9.47. The number of para-hydroxylation sites is 1. The van der Waals surface area contributed by atoms with Crippen LogP contribution in [0.3, 0.4) is 0 Å². The number of fused-ring (bicyclic) bond motifs is 1. The van der Waals surface area contributed by atoms with E-state index in [1.807, 2.05) is 18.2 Å². The molecule has 8 heteroatoms. The Bertz CT molecular complexity index is 798. The third-order valence-electron chi connectivity index (χ3n) is 4.13. The van der Waals surface area contributed by atoms with Crippen LogP contribution in [0.15, 0.2) is 53.4 Å². The summed E-state index contributed by atoms with van der Waals surface area (Å²) in [5.74, 6) is 0.640. The number of nitrogens with zero attached hydrogens (tertiary/aromatic N) is 1. The molecule has 0 atom stereocenters. The van der Waals surface area contributed by atoms with Crippen molar-refractivity contribution in [2.75, 3.05) is 24.6 Å². The predicted octanol–water partition coefficient (Wildman–Crippen LogP) is 3.42. The van der Waals surface area contributed by atoms with Crippen LogP contribution >= 0.6 is 11.8 Å².